The topological polar surface area (TPSA) is 79.6 Å². The summed E-state index contributed by atoms with van der Waals surface area (Å²) in [6, 6.07) is 10.2. The number of pyridine rings is 2. The summed E-state index contributed by atoms with van der Waals surface area (Å²) in [5.74, 6) is 0.684. The van der Waals surface area contributed by atoms with E-state index in [0.717, 1.165) is 51.0 Å². The largest absolute Gasteiger partial charge is 0.634 e. The number of ether oxygens (including phenoxy) is 1. The Morgan fingerprint density at radius 2 is 1.89 bits per heavy atom. The Kier molecular flexibility index (Phi) is 6.75. The molecule has 0 saturated carbocycles. The van der Waals surface area contributed by atoms with Crippen molar-refractivity contribution in [1.29, 1.82) is 0 Å². The van der Waals surface area contributed by atoms with Crippen molar-refractivity contribution in [1.82, 2.24) is 9.97 Å². The first-order valence-electron chi connectivity index (χ1n) is 12.2. The van der Waals surface area contributed by atoms with E-state index in [1.54, 1.807) is 19.5 Å². The number of rotatable bonds is 5. The second kappa shape index (κ2) is 9.80. The molecule has 182 valence electrons. The smallest absolute Gasteiger partial charge is 0.144 e. The Balaban J connectivity index is 1.74. The van der Waals surface area contributed by atoms with Gasteiger partial charge in [-0.25, -0.2) is 0 Å². The molecule has 1 atom stereocenters. The van der Waals surface area contributed by atoms with Gasteiger partial charge in [0, 0.05) is 53.8 Å². The molecule has 0 spiro atoms. The molecule has 1 unspecified atom stereocenters. The molecule has 0 radical (unpaired) electrons. The zero-order chi connectivity index (χ0) is 24.6. The van der Waals surface area contributed by atoms with E-state index in [1.807, 2.05) is 18.3 Å². The average Bonchev–Trinajstić information content (AvgIpc) is 3.01. The molecule has 0 amide bonds. The third-order valence-electron chi connectivity index (χ3n) is 7.71. The number of hydrogen-bond acceptors (Lipinski definition) is 5. The van der Waals surface area contributed by atoms with Crippen LogP contribution in [0.2, 0.25) is 0 Å². The van der Waals surface area contributed by atoms with Gasteiger partial charge < -0.3 is 15.0 Å². The first-order chi connectivity index (χ1) is 16.9. The Bertz CT molecular complexity index is 1240. The van der Waals surface area contributed by atoms with Crippen molar-refractivity contribution in [3.63, 3.8) is 0 Å². The van der Waals surface area contributed by atoms with E-state index >= 15 is 0 Å². The highest BCUT2D eigenvalue weighted by Gasteiger charge is 2.52. The maximum absolute atomic E-state index is 14.4. The molecule has 1 fully saturated rings. The van der Waals surface area contributed by atoms with Crippen LogP contribution in [0.25, 0.3) is 0 Å². The third kappa shape index (κ3) is 4.53. The second-order valence-electron chi connectivity index (χ2n) is 9.82. The standard InChI is InChI=1S/C28H30BrN3O3/c1-18-13-20-3-4-21-16-22(29)17-31-27(21)26(25(20)23(14-18)35-2)28(7-11-32(34)12-8-28)24(33)15-19-5-9-30-10-6-19/h5-6,9-10,13-14,16-17,26,32H,3-4,7-8,11-12,15H2,1-2H3. The van der Waals surface area contributed by atoms with Crippen molar-refractivity contribution < 1.29 is 14.6 Å². The molecule has 3 heterocycles. The van der Waals surface area contributed by atoms with Gasteiger partial charge in [0.25, 0.3) is 0 Å². The van der Waals surface area contributed by atoms with Gasteiger partial charge in [-0.05, 0) is 82.2 Å². The maximum Gasteiger partial charge on any atom is 0.144 e. The van der Waals surface area contributed by atoms with Crippen LogP contribution < -0.4 is 9.80 Å². The van der Waals surface area contributed by atoms with Crippen LogP contribution in [0.1, 0.15) is 52.3 Å². The summed E-state index contributed by atoms with van der Waals surface area (Å²) in [5.41, 5.74) is 5.68. The first-order valence-corrected chi connectivity index (χ1v) is 13.0. The number of aromatic nitrogens is 2. The van der Waals surface area contributed by atoms with Crippen LogP contribution in [0.3, 0.4) is 0 Å². The molecule has 3 aromatic rings. The average molecular weight is 536 g/mol. The number of benzene rings is 1. The number of fused-ring (bicyclic) bond motifs is 2. The molecule has 1 aliphatic carbocycles. The summed E-state index contributed by atoms with van der Waals surface area (Å²) in [6.45, 7) is 2.90. The number of hydroxylamine groups is 2. The number of hydrogen-bond donors (Lipinski definition) is 1. The maximum atomic E-state index is 14.4. The van der Waals surface area contributed by atoms with Crippen LogP contribution in [0.15, 0.2) is 53.4 Å². The van der Waals surface area contributed by atoms with Gasteiger partial charge in [-0.3, -0.25) is 14.8 Å². The monoisotopic (exact) mass is 535 g/mol. The van der Waals surface area contributed by atoms with Crippen molar-refractivity contribution in [3.8, 4) is 5.75 Å². The Morgan fingerprint density at radius 3 is 2.60 bits per heavy atom. The Hall–Kier alpha value is -2.61. The summed E-state index contributed by atoms with van der Waals surface area (Å²) in [6.07, 6.45) is 8.31. The summed E-state index contributed by atoms with van der Waals surface area (Å²) in [5, 5.41) is 12.6. The van der Waals surface area contributed by atoms with Gasteiger partial charge in [-0.1, -0.05) is 6.07 Å². The molecule has 7 heteroatoms. The number of halogens is 1. The molecule has 1 aliphatic heterocycles. The van der Waals surface area contributed by atoms with E-state index < -0.39 is 5.41 Å². The van der Waals surface area contributed by atoms with Crippen LogP contribution in [0, 0.1) is 17.5 Å². The minimum absolute atomic E-state index is 0.160. The van der Waals surface area contributed by atoms with Crippen LogP contribution in [-0.2, 0) is 24.1 Å². The zero-order valence-corrected chi connectivity index (χ0v) is 21.7. The normalized spacial score (nSPS) is 23.7. The predicted molar refractivity (Wildman–Crippen MR) is 138 cm³/mol. The van der Waals surface area contributed by atoms with Crippen molar-refractivity contribution >= 4 is 21.7 Å². The van der Waals surface area contributed by atoms with Crippen LogP contribution >= 0.6 is 15.9 Å². The second-order valence-corrected chi connectivity index (χ2v) is 10.7. The third-order valence-corrected chi connectivity index (χ3v) is 8.14. The fourth-order valence-corrected chi connectivity index (χ4v) is 6.38. The van der Waals surface area contributed by atoms with Gasteiger partial charge in [-0.2, -0.15) is 0 Å². The van der Waals surface area contributed by atoms with Crippen LogP contribution in [0.4, 0.5) is 0 Å². The van der Waals surface area contributed by atoms with E-state index in [1.165, 1.54) is 5.56 Å². The number of carbonyl (C=O) groups is 1. The van der Waals surface area contributed by atoms with E-state index in [9.17, 15) is 10.0 Å². The van der Waals surface area contributed by atoms with Crippen LogP contribution in [-0.4, -0.2) is 36.0 Å². The van der Waals surface area contributed by atoms with E-state index in [0.29, 0.717) is 32.4 Å². The number of Topliss-reactive ketones (excluding diaryl/α,β-unsaturated/α-hetero) is 1. The van der Waals surface area contributed by atoms with Crippen LogP contribution in [0.5, 0.6) is 5.75 Å². The minimum Gasteiger partial charge on any atom is -0.634 e. The van der Waals surface area contributed by atoms with Crippen molar-refractivity contribution in [2.45, 2.75) is 44.9 Å². The quantitative estimate of drug-likeness (QED) is 0.503. The van der Waals surface area contributed by atoms with Crippen molar-refractivity contribution in [2.75, 3.05) is 20.2 Å². The Morgan fingerprint density at radius 1 is 1.17 bits per heavy atom. The molecular formula is C28H30BrN3O3. The van der Waals surface area contributed by atoms with Gasteiger partial charge in [0.15, 0.2) is 0 Å². The molecule has 2 aromatic heterocycles. The lowest BCUT2D eigenvalue weighted by molar-refractivity contribution is -0.856. The molecule has 1 saturated heterocycles. The highest BCUT2D eigenvalue weighted by atomic mass is 79.9. The fraction of sp³-hybridized carbons (Fsp3) is 0.393. The lowest BCUT2D eigenvalue weighted by atomic mass is 9.61. The van der Waals surface area contributed by atoms with Gasteiger partial charge in [-0.15, -0.1) is 0 Å². The Labute approximate surface area is 214 Å². The number of aryl methyl sites for hydroxylation is 3. The molecule has 0 bridgehead atoms. The van der Waals surface area contributed by atoms with Crippen molar-refractivity contribution in [3.05, 3.63) is 92.1 Å². The number of methoxy groups -OCH3 is 1. The number of ketones is 1. The number of carbonyl (C=O) groups excluding carboxylic acids is 1. The van der Waals surface area contributed by atoms with Gasteiger partial charge in [0.05, 0.1) is 31.3 Å². The molecule has 1 aromatic carbocycles. The van der Waals surface area contributed by atoms with E-state index in [2.05, 4.69) is 46.0 Å². The first kappa shape index (κ1) is 24.1. The number of nitrogens with one attached hydrogen (secondary N) is 1. The van der Waals surface area contributed by atoms with Gasteiger partial charge in [0.2, 0.25) is 0 Å². The molecular weight excluding hydrogens is 506 g/mol. The number of piperidine rings is 1. The summed E-state index contributed by atoms with van der Waals surface area (Å²) < 4.78 is 6.88. The molecule has 5 rings (SSSR count). The van der Waals surface area contributed by atoms with E-state index in [-0.39, 0.29) is 16.8 Å². The predicted octanol–water partition coefficient (Wildman–Crippen LogP) is 3.76. The molecule has 2 aliphatic rings. The SMILES string of the molecule is COc1cc(C)cc2c1C(C1(C(=O)Cc3ccncc3)CC[NH+]([O-])CC1)c1ncc(Br)cc1CC2. The molecule has 1 N–H and O–H groups in total. The molecule has 6 nitrogen and oxygen atoms in total. The van der Waals surface area contributed by atoms with E-state index in [4.69, 9.17) is 9.72 Å². The fourth-order valence-electron chi connectivity index (χ4n) is 6.00. The number of quaternary nitrogens is 1. The lowest BCUT2D eigenvalue weighted by Gasteiger charge is -2.45. The van der Waals surface area contributed by atoms with Crippen molar-refractivity contribution in [2.24, 2.45) is 5.41 Å². The summed E-state index contributed by atoms with van der Waals surface area (Å²) >= 11 is 3.60. The summed E-state index contributed by atoms with van der Waals surface area (Å²) in [4.78, 5) is 23.4. The highest BCUT2D eigenvalue weighted by molar-refractivity contribution is 9.10. The number of nitrogens with zero attached hydrogens (tertiary/aromatic N) is 2. The van der Waals surface area contributed by atoms with Gasteiger partial charge >= 0.3 is 0 Å². The summed E-state index contributed by atoms with van der Waals surface area (Å²) in [7, 11) is 1.70. The minimum atomic E-state index is -0.742. The zero-order valence-electron chi connectivity index (χ0n) is 20.1. The van der Waals surface area contributed by atoms with Gasteiger partial charge in [0.1, 0.15) is 11.5 Å². The highest BCUT2D eigenvalue weighted by Crippen LogP contribution is 2.53. The molecule has 35 heavy (non-hydrogen) atoms. The lowest BCUT2D eigenvalue weighted by Crippen LogP contribution is -3.08.